The van der Waals surface area contributed by atoms with Gasteiger partial charge in [0.25, 0.3) is 0 Å². The molecule has 0 bridgehead atoms. The Bertz CT molecular complexity index is 108. The van der Waals surface area contributed by atoms with Gasteiger partial charge in [0.2, 0.25) is 0 Å². The van der Waals surface area contributed by atoms with E-state index in [1.807, 2.05) is 13.8 Å². The molecule has 0 saturated carbocycles. The normalized spacial score (nSPS) is 10.5. The summed E-state index contributed by atoms with van der Waals surface area (Å²) in [6, 6.07) is 0. The van der Waals surface area contributed by atoms with Crippen molar-refractivity contribution >= 4 is 5.78 Å². The molecule has 0 aliphatic carbocycles. The maximum Gasteiger partial charge on any atom is 0.133 e. The quantitative estimate of drug-likeness (QED) is 0.598. The Balaban J connectivity index is 3.23. The molecule has 0 aliphatic heterocycles. The molecule has 0 aromatic rings. The van der Waals surface area contributed by atoms with Crippen LogP contribution in [0.25, 0.3) is 0 Å². The van der Waals surface area contributed by atoms with Gasteiger partial charge in [0.05, 0.1) is 0 Å². The summed E-state index contributed by atoms with van der Waals surface area (Å²) in [4.78, 5) is 11.0. The van der Waals surface area contributed by atoms with Crippen molar-refractivity contribution in [1.29, 1.82) is 0 Å². The highest BCUT2D eigenvalue weighted by Crippen LogP contribution is 2.05. The van der Waals surface area contributed by atoms with Crippen LogP contribution in [0.2, 0.25) is 0 Å². The second-order valence-electron chi connectivity index (χ2n) is 3.32. The van der Waals surface area contributed by atoms with Crippen LogP contribution in [-0.4, -0.2) is 17.5 Å². The van der Waals surface area contributed by atoms with Gasteiger partial charge in [-0.25, -0.2) is 0 Å². The van der Waals surface area contributed by atoms with Crippen LogP contribution in [-0.2, 0) is 4.79 Å². The molecule has 11 heavy (non-hydrogen) atoms. The lowest BCUT2D eigenvalue weighted by molar-refractivity contribution is -0.119. The zero-order valence-corrected chi connectivity index (χ0v) is 7.47. The highest BCUT2D eigenvalue weighted by atomic mass is 16.2. The minimum atomic E-state index is 0.203. The number of rotatable bonds is 6. The number of Topliss-reactive ketones (excluding diaryl/α,β-unsaturated/α-hetero) is 1. The Hall–Kier alpha value is -0.370. The Morgan fingerprint density at radius 3 is 2.45 bits per heavy atom. The summed E-state index contributed by atoms with van der Waals surface area (Å²) in [5.74, 6) is 0.796. The van der Waals surface area contributed by atoms with Gasteiger partial charge >= 0.3 is 0 Å². The Kier molecular flexibility index (Phi) is 6.13. The molecule has 2 heteroatoms. The number of aliphatic hydroxyl groups excluding tert-OH is 1. The van der Waals surface area contributed by atoms with Gasteiger partial charge in [-0.05, 0) is 18.8 Å². The smallest absolute Gasteiger partial charge is 0.133 e. The molecule has 0 radical (unpaired) electrons. The summed E-state index contributed by atoms with van der Waals surface area (Å²) in [7, 11) is 0. The highest BCUT2D eigenvalue weighted by Gasteiger charge is 2.03. The average molecular weight is 158 g/mol. The number of ketones is 1. The van der Waals surface area contributed by atoms with E-state index < -0.39 is 0 Å². The van der Waals surface area contributed by atoms with Crippen molar-refractivity contribution < 1.29 is 9.90 Å². The van der Waals surface area contributed by atoms with Crippen LogP contribution in [0.15, 0.2) is 0 Å². The van der Waals surface area contributed by atoms with Crippen molar-refractivity contribution in [2.24, 2.45) is 5.92 Å². The molecule has 0 spiro atoms. The molecule has 0 heterocycles. The van der Waals surface area contributed by atoms with Crippen molar-refractivity contribution in [3.8, 4) is 0 Å². The number of hydrogen-bond donors (Lipinski definition) is 1. The molecule has 0 amide bonds. The third-order valence-electron chi connectivity index (χ3n) is 1.50. The van der Waals surface area contributed by atoms with E-state index in [9.17, 15) is 4.79 Å². The van der Waals surface area contributed by atoms with E-state index in [-0.39, 0.29) is 6.61 Å². The lowest BCUT2D eigenvalue weighted by atomic mass is 10.0. The molecule has 0 atom stereocenters. The van der Waals surface area contributed by atoms with Crippen molar-refractivity contribution in [3.63, 3.8) is 0 Å². The molecule has 1 N–H and O–H groups in total. The van der Waals surface area contributed by atoms with Crippen molar-refractivity contribution in [2.45, 2.75) is 39.5 Å². The molecular weight excluding hydrogens is 140 g/mol. The average Bonchev–Trinajstić information content (AvgIpc) is 1.86. The number of hydrogen-bond acceptors (Lipinski definition) is 2. The van der Waals surface area contributed by atoms with Crippen LogP contribution in [0.5, 0.6) is 0 Å². The zero-order valence-electron chi connectivity index (χ0n) is 7.47. The summed E-state index contributed by atoms with van der Waals surface area (Å²) >= 11 is 0. The van der Waals surface area contributed by atoms with Crippen LogP contribution < -0.4 is 0 Å². The van der Waals surface area contributed by atoms with E-state index in [4.69, 9.17) is 5.11 Å². The number of aliphatic hydroxyl groups is 1. The molecule has 0 saturated heterocycles. The predicted molar refractivity (Wildman–Crippen MR) is 45.4 cm³/mol. The van der Waals surface area contributed by atoms with E-state index in [1.54, 1.807) is 0 Å². The van der Waals surface area contributed by atoms with Crippen LogP contribution in [0, 0.1) is 5.92 Å². The number of carbonyl (C=O) groups is 1. The molecule has 0 aromatic heterocycles. The first kappa shape index (κ1) is 10.6. The standard InChI is InChI=1S/C9H18O2/c1-8(2)7-9(11)5-3-4-6-10/h8,10H,3-7H2,1-2H3. The van der Waals surface area contributed by atoms with Crippen LogP contribution in [0.1, 0.15) is 39.5 Å². The SMILES string of the molecule is CC(C)CC(=O)CCCCO. The van der Waals surface area contributed by atoms with Crippen LogP contribution >= 0.6 is 0 Å². The van der Waals surface area contributed by atoms with Gasteiger partial charge in [0, 0.05) is 19.4 Å². The minimum Gasteiger partial charge on any atom is -0.396 e. The van der Waals surface area contributed by atoms with Gasteiger partial charge < -0.3 is 5.11 Å². The van der Waals surface area contributed by atoms with Gasteiger partial charge in [-0.15, -0.1) is 0 Å². The first-order chi connectivity index (χ1) is 5.16. The van der Waals surface area contributed by atoms with Gasteiger partial charge in [0.15, 0.2) is 0 Å². The predicted octanol–water partition coefficient (Wildman–Crippen LogP) is 1.76. The Morgan fingerprint density at radius 2 is 2.00 bits per heavy atom. The second kappa shape index (κ2) is 6.35. The van der Waals surface area contributed by atoms with Gasteiger partial charge in [0.1, 0.15) is 5.78 Å². The summed E-state index contributed by atoms with van der Waals surface area (Å²) in [6.07, 6.45) is 2.91. The first-order valence-corrected chi connectivity index (χ1v) is 4.29. The lowest BCUT2D eigenvalue weighted by Gasteiger charge is -2.02. The molecule has 2 nitrogen and oxygen atoms in total. The van der Waals surface area contributed by atoms with E-state index >= 15 is 0 Å². The van der Waals surface area contributed by atoms with Gasteiger partial charge in [-0.1, -0.05) is 13.8 Å². The van der Waals surface area contributed by atoms with Crippen molar-refractivity contribution in [2.75, 3.05) is 6.61 Å². The van der Waals surface area contributed by atoms with Crippen molar-refractivity contribution in [3.05, 3.63) is 0 Å². The second-order valence-corrected chi connectivity index (χ2v) is 3.32. The van der Waals surface area contributed by atoms with E-state index in [1.165, 1.54) is 0 Å². The number of unbranched alkanes of at least 4 members (excludes halogenated alkanes) is 1. The molecule has 0 aliphatic rings. The van der Waals surface area contributed by atoms with Gasteiger partial charge in [-0.3, -0.25) is 4.79 Å². The Labute approximate surface area is 68.6 Å². The van der Waals surface area contributed by atoms with Crippen LogP contribution in [0.3, 0.4) is 0 Å². The van der Waals surface area contributed by atoms with Crippen molar-refractivity contribution in [1.82, 2.24) is 0 Å². The lowest BCUT2D eigenvalue weighted by Crippen LogP contribution is -2.02. The fourth-order valence-corrected chi connectivity index (χ4v) is 0.991. The summed E-state index contributed by atoms with van der Waals surface area (Å²) in [5, 5.41) is 8.45. The molecule has 66 valence electrons. The summed E-state index contributed by atoms with van der Waals surface area (Å²) in [5.41, 5.74) is 0. The Morgan fingerprint density at radius 1 is 1.36 bits per heavy atom. The minimum absolute atomic E-state index is 0.203. The molecule has 0 rings (SSSR count). The molecule has 0 aromatic carbocycles. The third kappa shape index (κ3) is 7.53. The van der Waals surface area contributed by atoms with E-state index in [0.717, 1.165) is 12.8 Å². The third-order valence-corrected chi connectivity index (χ3v) is 1.50. The topological polar surface area (TPSA) is 37.3 Å². The molecule has 0 fully saturated rings. The van der Waals surface area contributed by atoms with Crippen LogP contribution in [0.4, 0.5) is 0 Å². The molecule has 0 unspecified atom stereocenters. The maximum atomic E-state index is 11.0. The van der Waals surface area contributed by atoms with E-state index in [2.05, 4.69) is 0 Å². The fourth-order valence-electron chi connectivity index (χ4n) is 0.991. The zero-order chi connectivity index (χ0) is 8.69. The first-order valence-electron chi connectivity index (χ1n) is 4.29. The monoisotopic (exact) mass is 158 g/mol. The van der Waals surface area contributed by atoms with Gasteiger partial charge in [-0.2, -0.15) is 0 Å². The molecular formula is C9H18O2. The largest absolute Gasteiger partial charge is 0.396 e. The summed E-state index contributed by atoms with van der Waals surface area (Å²) < 4.78 is 0. The highest BCUT2D eigenvalue weighted by molar-refractivity contribution is 5.78. The maximum absolute atomic E-state index is 11.0. The summed E-state index contributed by atoms with van der Waals surface area (Å²) in [6.45, 7) is 4.29. The van der Waals surface area contributed by atoms with E-state index in [0.29, 0.717) is 24.5 Å². The fraction of sp³-hybridized carbons (Fsp3) is 0.889. The number of carbonyl (C=O) groups excluding carboxylic acids is 1.